The fourth-order valence-electron chi connectivity index (χ4n) is 3.36. The van der Waals surface area contributed by atoms with Crippen LogP contribution in [0.25, 0.3) is 0 Å². The van der Waals surface area contributed by atoms with Gasteiger partial charge in [0.05, 0.1) is 14.2 Å². The predicted molar refractivity (Wildman–Crippen MR) is 139 cm³/mol. The molecule has 1 aromatic carbocycles. The van der Waals surface area contributed by atoms with Gasteiger partial charge in [-0.25, -0.2) is 9.59 Å². The Balaban J connectivity index is 3.31. The summed E-state index contributed by atoms with van der Waals surface area (Å²) in [5, 5.41) is 4.83. The molecule has 3 atom stereocenters. The summed E-state index contributed by atoms with van der Waals surface area (Å²) >= 11 is 0. The molecule has 1 rings (SSSR count). The van der Waals surface area contributed by atoms with Gasteiger partial charge >= 0.3 is 12.1 Å². The van der Waals surface area contributed by atoms with Crippen molar-refractivity contribution in [3.8, 4) is 5.75 Å². The van der Waals surface area contributed by atoms with Crippen LogP contribution in [-0.2, 0) is 30.3 Å². The standard InChI is InChI=1S/C26H38N4O7/c1-9-11-16-15-17(13-14-19(16)35-7)20(30(6)25(34)37-26(3,4)5)22(31)29-21(27)23(32)28-18(12-10-2)24(33)36-8/h9-10,13-15,18,20-21H,1-2,11-12,27H2,3-8H3,(H,28,32)(H,29,31)/t18-,20-,21+/m0/s1. The number of amides is 3. The van der Waals surface area contributed by atoms with Gasteiger partial charge in [0, 0.05) is 7.05 Å². The molecule has 0 unspecified atom stereocenters. The summed E-state index contributed by atoms with van der Waals surface area (Å²) in [5.74, 6) is -1.69. The highest BCUT2D eigenvalue weighted by molar-refractivity contribution is 5.93. The minimum Gasteiger partial charge on any atom is -0.496 e. The average Bonchev–Trinajstić information content (AvgIpc) is 2.82. The van der Waals surface area contributed by atoms with Crippen molar-refractivity contribution in [1.29, 1.82) is 0 Å². The molecule has 204 valence electrons. The van der Waals surface area contributed by atoms with Gasteiger partial charge in [-0.15, -0.1) is 13.2 Å². The van der Waals surface area contributed by atoms with Crippen molar-refractivity contribution in [2.75, 3.05) is 21.3 Å². The maximum atomic E-state index is 13.4. The number of hydrogen-bond acceptors (Lipinski definition) is 8. The van der Waals surface area contributed by atoms with E-state index in [1.54, 1.807) is 45.0 Å². The fourth-order valence-corrected chi connectivity index (χ4v) is 3.36. The van der Waals surface area contributed by atoms with E-state index in [1.165, 1.54) is 27.3 Å². The summed E-state index contributed by atoms with van der Waals surface area (Å²) < 4.78 is 15.5. The molecule has 0 aliphatic rings. The van der Waals surface area contributed by atoms with Crippen molar-refractivity contribution >= 4 is 23.9 Å². The van der Waals surface area contributed by atoms with Crippen molar-refractivity contribution in [3.05, 3.63) is 54.6 Å². The first-order valence-corrected chi connectivity index (χ1v) is 11.6. The van der Waals surface area contributed by atoms with Crippen LogP contribution in [0.5, 0.6) is 5.75 Å². The number of hydrogen-bond donors (Lipinski definition) is 3. The number of rotatable bonds is 12. The largest absolute Gasteiger partial charge is 0.496 e. The van der Waals surface area contributed by atoms with Crippen LogP contribution in [0.4, 0.5) is 4.79 Å². The number of esters is 1. The van der Waals surface area contributed by atoms with E-state index >= 15 is 0 Å². The molecule has 0 aliphatic carbocycles. The number of likely N-dealkylation sites (N-methyl/N-ethyl adjacent to an activating group) is 1. The molecule has 3 amide bonds. The lowest BCUT2D eigenvalue weighted by atomic mass is 9.99. The highest BCUT2D eigenvalue weighted by Crippen LogP contribution is 2.28. The Morgan fingerprint density at radius 1 is 1.08 bits per heavy atom. The molecular weight excluding hydrogens is 480 g/mol. The smallest absolute Gasteiger partial charge is 0.410 e. The number of carbonyl (C=O) groups is 4. The molecule has 37 heavy (non-hydrogen) atoms. The van der Waals surface area contributed by atoms with Crippen LogP contribution < -0.4 is 21.1 Å². The summed E-state index contributed by atoms with van der Waals surface area (Å²) in [6.45, 7) is 12.4. The molecule has 0 spiro atoms. The zero-order chi connectivity index (χ0) is 28.3. The minimum atomic E-state index is -1.54. The molecule has 11 heteroatoms. The highest BCUT2D eigenvalue weighted by Gasteiger charge is 2.34. The topological polar surface area (TPSA) is 149 Å². The van der Waals surface area contributed by atoms with Gasteiger partial charge in [0.25, 0.3) is 5.91 Å². The van der Waals surface area contributed by atoms with Crippen molar-refractivity contribution in [3.63, 3.8) is 0 Å². The molecule has 0 aliphatic heterocycles. The highest BCUT2D eigenvalue weighted by atomic mass is 16.6. The predicted octanol–water partition coefficient (Wildman–Crippen LogP) is 1.97. The number of benzene rings is 1. The third-order valence-electron chi connectivity index (χ3n) is 5.09. The molecule has 11 nitrogen and oxygen atoms in total. The third kappa shape index (κ3) is 9.26. The van der Waals surface area contributed by atoms with E-state index in [9.17, 15) is 19.2 Å². The van der Waals surface area contributed by atoms with Crippen LogP contribution in [0.1, 0.15) is 44.4 Å². The maximum absolute atomic E-state index is 13.4. The lowest BCUT2D eigenvalue weighted by Crippen LogP contribution is -2.57. The number of nitrogens with zero attached hydrogens (tertiary/aromatic N) is 1. The van der Waals surface area contributed by atoms with Gasteiger partial charge in [0.2, 0.25) is 5.91 Å². The summed E-state index contributed by atoms with van der Waals surface area (Å²) in [4.78, 5) is 51.9. The second-order valence-corrected chi connectivity index (χ2v) is 9.15. The molecule has 0 bridgehead atoms. The van der Waals surface area contributed by atoms with Gasteiger partial charge in [-0.2, -0.15) is 0 Å². The molecule has 4 N–H and O–H groups in total. The first kappa shape index (κ1) is 31.2. The fraction of sp³-hybridized carbons (Fsp3) is 0.462. The Bertz CT molecular complexity index is 1000. The van der Waals surface area contributed by atoms with Crippen LogP contribution >= 0.6 is 0 Å². The van der Waals surface area contributed by atoms with E-state index in [0.717, 1.165) is 10.5 Å². The molecule has 0 saturated carbocycles. The summed E-state index contributed by atoms with van der Waals surface area (Å²) in [6, 6.07) is 2.75. The van der Waals surface area contributed by atoms with E-state index in [0.29, 0.717) is 17.7 Å². The third-order valence-corrected chi connectivity index (χ3v) is 5.09. The lowest BCUT2D eigenvalue weighted by Gasteiger charge is -2.31. The Labute approximate surface area is 218 Å². The zero-order valence-electron chi connectivity index (χ0n) is 22.3. The number of nitrogens with two attached hydrogens (primary N) is 1. The number of methoxy groups -OCH3 is 2. The average molecular weight is 519 g/mol. The summed E-state index contributed by atoms with van der Waals surface area (Å²) in [7, 11) is 4.10. The quantitative estimate of drug-likeness (QED) is 0.216. The van der Waals surface area contributed by atoms with Crippen molar-refractivity contribution in [2.24, 2.45) is 5.73 Å². The van der Waals surface area contributed by atoms with Gasteiger partial charge < -0.3 is 30.6 Å². The van der Waals surface area contributed by atoms with Crippen LogP contribution in [0.15, 0.2) is 43.5 Å². The second-order valence-electron chi connectivity index (χ2n) is 9.15. The summed E-state index contributed by atoms with van der Waals surface area (Å²) in [6.07, 6.45) is 1.36. The number of carbonyl (C=O) groups excluding carboxylic acids is 4. The Hall–Kier alpha value is -3.86. The molecular formula is C26H38N4O7. The van der Waals surface area contributed by atoms with Crippen molar-refractivity contribution < 1.29 is 33.4 Å². The number of allylic oxidation sites excluding steroid dienone is 1. The Morgan fingerprint density at radius 3 is 2.24 bits per heavy atom. The van der Waals surface area contributed by atoms with E-state index in [4.69, 9.17) is 15.2 Å². The van der Waals surface area contributed by atoms with E-state index < -0.39 is 47.7 Å². The van der Waals surface area contributed by atoms with E-state index in [1.807, 2.05) is 0 Å². The molecule has 0 saturated heterocycles. The number of nitrogens with one attached hydrogen (secondary N) is 2. The lowest BCUT2D eigenvalue weighted by molar-refractivity contribution is -0.145. The van der Waals surface area contributed by atoms with Gasteiger partial charge in [-0.1, -0.05) is 18.2 Å². The van der Waals surface area contributed by atoms with Gasteiger partial charge in [0.1, 0.15) is 23.4 Å². The monoisotopic (exact) mass is 518 g/mol. The second kappa shape index (κ2) is 14.0. The maximum Gasteiger partial charge on any atom is 0.410 e. The van der Waals surface area contributed by atoms with Crippen LogP contribution in [0.3, 0.4) is 0 Å². The first-order chi connectivity index (χ1) is 17.3. The Morgan fingerprint density at radius 2 is 1.73 bits per heavy atom. The van der Waals surface area contributed by atoms with Crippen molar-refractivity contribution in [1.82, 2.24) is 15.5 Å². The van der Waals surface area contributed by atoms with E-state index in [-0.39, 0.29) is 6.42 Å². The molecule has 0 fully saturated rings. The van der Waals surface area contributed by atoms with Crippen LogP contribution in [0.2, 0.25) is 0 Å². The molecule has 0 heterocycles. The van der Waals surface area contributed by atoms with Gasteiger partial charge in [-0.3, -0.25) is 14.5 Å². The normalized spacial score (nSPS) is 13.3. The van der Waals surface area contributed by atoms with E-state index in [2.05, 4.69) is 28.5 Å². The van der Waals surface area contributed by atoms with Crippen LogP contribution in [0, 0.1) is 0 Å². The minimum absolute atomic E-state index is 0.0982. The van der Waals surface area contributed by atoms with Crippen LogP contribution in [-0.4, -0.2) is 67.9 Å². The first-order valence-electron chi connectivity index (χ1n) is 11.6. The van der Waals surface area contributed by atoms with Gasteiger partial charge in [0.15, 0.2) is 6.17 Å². The Kier molecular flexibility index (Phi) is 11.8. The zero-order valence-corrected chi connectivity index (χ0v) is 22.3. The number of ether oxygens (including phenoxy) is 3. The van der Waals surface area contributed by atoms with Crippen molar-refractivity contribution in [2.45, 2.75) is 57.5 Å². The van der Waals surface area contributed by atoms with Gasteiger partial charge in [-0.05, 0) is 56.9 Å². The molecule has 0 radical (unpaired) electrons. The summed E-state index contributed by atoms with van der Waals surface area (Å²) in [5.41, 5.74) is 6.28. The SMILES string of the molecule is C=CCc1cc([C@@H](C(=O)N[C@@H](N)C(=O)N[C@@H](CC=C)C(=O)OC)N(C)C(=O)OC(C)(C)C)ccc1OC. The molecule has 0 aromatic heterocycles. The molecule has 1 aromatic rings.